The Labute approximate surface area is 97.8 Å². The zero-order chi connectivity index (χ0) is 9.38. The molecule has 3 rings (SSSR count). The van der Waals surface area contributed by atoms with Crippen LogP contribution in [0.2, 0.25) is 0 Å². The molecule has 0 aliphatic heterocycles. The van der Waals surface area contributed by atoms with Gasteiger partial charge in [-0.1, -0.05) is 24.4 Å². The zero-order valence-corrected chi connectivity index (χ0v) is 8.89. The van der Waals surface area contributed by atoms with Crippen molar-refractivity contribution in [2.75, 3.05) is 0 Å². The van der Waals surface area contributed by atoms with Crippen molar-refractivity contribution in [1.82, 2.24) is 9.97 Å². The molecule has 0 unspecified atom stereocenters. The molecule has 0 N–H and O–H groups in total. The molecule has 0 aliphatic rings. The van der Waals surface area contributed by atoms with Crippen LogP contribution in [0.1, 0.15) is 0 Å². The van der Waals surface area contributed by atoms with Gasteiger partial charge in [-0.15, -0.1) is 5.39 Å². The smallest absolute Gasteiger partial charge is 0.384 e. The fourth-order valence-electron chi connectivity index (χ4n) is 1.63. The van der Waals surface area contributed by atoms with Gasteiger partial charge in [-0.05, 0) is 17.0 Å². The quantitative estimate of drug-likeness (QED) is 0.340. The number of rotatable bonds is 0. The van der Waals surface area contributed by atoms with Crippen LogP contribution in [0.3, 0.4) is 0 Å². The van der Waals surface area contributed by atoms with Crippen LogP contribution in [-0.4, -0.2) is 9.97 Å². The third-order valence-electron chi connectivity index (χ3n) is 2.29. The van der Waals surface area contributed by atoms with Gasteiger partial charge < -0.3 is 4.98 Å². The van der Waals surface area contributed by atoms with E-state index in [0.29, 0.717) is 0 Å². The summed E-state index contributed by atoms with van der Waals surface area (Å²) >= 11 is 0. The van der Waals surface area contributed by atoms with E-state index < -0.39 is 0 Å². The molecule has 0 saturated heterocycles. The van der Waals surface area contributed by atoms with Crippen molar-refractivity contribution >= 4 is 21.8 Å². The molecule has 15 heavy (non-hydrogen) atoms. The molecule has 0 bridgehead atoms. The topological polar surface area (TPSA) is 25.8 Å². The van der Waals surface area contributed by atoms with Crippen LogP contribution in [0.5, 0.6) is 0 Å². The molecule has 2 nitrogen and oxygen atoms in total. The van der Waals surface area contributed by atoms with Crippen LogP contribution in [0, 0.1) is 6.20 Å². The van der Waals surface area contributed by atoms with E-state index in [1.807, 2.05) is 24.3 Å². The van der Waals surface area contributed by atoms with Crippen molar-refractivity contribution in [1.29, 1.82) is 0 Å². The summed E-state index contributed by atoms with van der Waals surface area (Å²) in [6.45, 7) is 0. The van der Waals surface area contributed by atoms with E-state index in [2.05, 4.69) is 28.3 Å². The zero-order valence-electron chi connectivity index (χ0n) is 7.79. The maximum absolute atomic E-state index is 4.33. The number of pyridine rings is 2. The summed E-state index contributed by atoms with van der Waals surface area (Å²) in [7, 11) is 0. The van der Waals surface area contributed by atoms with Gasteiger partial charge in [0.05, 0.1) is 0 Å². The third-order valence-corrected chi connectivity index (χ3v) is 2.29. The summed E-state index contributed by atoms with van der Waals surface area (Å²) in [5, 5.41) is 2.22. The van der Waals surface area contributed by atoms with E-state index in [-0.39, 0.29) is 17.1 Å². The first-order chi connectivity index (χ1) is 6.95. The van der Waals surface area contributed by atoms with Gasteiger partial charge in [-0.25, -0.2) is 0 Å². The number of fused-ring (bicyclic) bond motifs is 3. The van der Waals surface area contributed by atoms with E-state index in [4.69, 9.17) is 0 Å². The van der Waals surface area contributed by atoms with Crippen LogP contribution in [0.4, 0.5) is 0 Å². The largest absolute Gasteiger partial charge is 3.00 e. The molecular formula is C12H7FeN2+2. The number of nitrogens with zero attached hydrogens (tertiary/aromatic N) is 2. The van der Waals surface area contributed by atoms with Gasteiger partial charge in [-0.3, -0.25) is 4.98 Å². The number of aromatic nitrogens is 2. The van der Waals surface area contributed by atoms with Crippen molar-refractivity contribution in [3.63, 3.8) is 0 Å². The van der Waals surface area contributed by atoms with Gasteiger partial charge >= 0.3 is 17.1 Å². The minimum Gasteiger partial charge on any atom is -0.384 e. The SMILES string of the molecule is [Fe+3].[c-]1ccc2ccc3cccnc3c2n1. The second-order valence-electron chi connectivity index (χ2n) is 3.15. The Kier molecular flexibility index (Phi) is 2.67. The first-order valence-corrected chi connectivity index (χ1v) is 4.46. The van der Waals surface area contributed by atoms with Crippen LogP contribution in [0.25, 0.3) is 21.8 Å². The summed E-state index contributed by atoms with van der Waals surface area (Å²) in [6, 6.07) is 11.9. The number of benzene rings is 1. The van der Waals surface area contributed by atoms with Gasteiger partial charge in [0.25, 0.3) is 0 Å². The van der Waals surface area contributed by atoms with Crippen molar-refractivity contribution in [3.8, 4) is 0 Å². The molecule has 0 atom stereocenters. The van der Waals surface area contributed by atoms with Gasteiger partial charge in [0.1, 0.15) is 0 Å². The number of hydrogen-bond acceptors (Lipinski definition) is 2. The molecule has 0 aliphatic carbocycles. The Morgan fingerprint density at radius 3 is 2.60 bits per heavy atom. The Hall–Kier alpha value is -1.44. The normalized spacial score (nSPS) is 10.1. The summed E-state index contributed by atoms with van der Waals surface area (Å²) in [6.07, 6.45) is 4.63. The molecule has 3 aromatic rings. The third kappa shape index (κ3) is 1.60. The average Bonchev–Trinajstić information content (AvgIpc) is 2.29. The van der Waals surface area contributed by atoms with E-state index in [9.17, 15) is 0 Å². The minimum absolute atomic E-state index is 0. The molecule has 0 amide bonds. The molecule has 0 fully saturated rings. The van der Waals surface area contributed by atoms with Gasteiger partial charge in [0, 0.05) is 11.7 Å². The Bertz CT molecular complexity index is 553. The summed E-state index contributed by atoms with van der Waals surface area (Å²) < 4.78 is 0. The Balaban J connectivity index is 0.000000853. The second kappa shape index (κ2) is 3.97. The second-order valence-corrected chi connectivity index (χ2v) is 3.15. The van der Waals surface area contributed by atoms with Crippen molar-refractivity contribution in [3.05, 3.63) is 48.8 Å². The van der Waals surface area contributed by atoms with Crippen molar-refractivity contribution in [2.45, 2.75) is 0 Å². The fraction of sp³-hybridized carbons (Fsp3) is 0. The Morgan fingerprint density at radius 1 is 0.933 bits per heavy atom. The van der Waals surface area contributed by atoms with E-state index in [1.54, 1.807) is 6.20 Å². The molecule has 1 aromatic carbocycles. The molecule has 2 aromatic heterocycles. The molecule has 71 valence electrons. The Morgan fingerprint density at radius 2 is 1.73 bits per heavy atom. The molecule has 0 spiro atoms. The van der Waals surface area contributed by atoms with E-state index >= 15 is 0 Å². The minimum atomic E-state index is 0. The molecular weight excluding hydrogens is 228 g/mol. The maximum Gasteiger partial charge on any atom is 3.00 e. The van der Waals surface area contributed by atoms with Gasteiger partial charge in [-0.2, -0.15) is 12.1 Å². The van der Waals surface area contributed by atoms with E-state index in [0.717, 1.165) is 21.8 Å². The van der Waals surface area contributed by atoms with Crippen LogP contribution in [0.15, 0.2) is 42.6 Å². The van der Waals surface area contributed by atoms with Crippen LogP contribution >= 0.6 is 0 Å². The van der Waals surface area contributed by atoms with Crippen molar-refractivity contribution in [2.24, 2.45) is 0 Å². The molecule has 2 heterocycles. The fourth-order valence-corrected chi connectivity index (χ4v) is 1.63. The summed E-state index contributed by atoms with van der Waals surface area (Å²) in [5.41, 5.74) is 1.87. The molecule has 0 saturated carbocycles. The summed E-state index contributed by atoms with van der Waals surface area (Å²) in [4.78, 5) is 8.55. The molecule has 1 radical (unpaired) electrons. The number of hydrogen-bond donors (Lipinski definition) is 0. The van der Waals surface area contributed by atoms with E-state index in [1.165, 1.54) is 0 Å². The first kappa shape index (κ1) is 10.1. The molecule has 3 heteroatoms. The van der Waals surface area contributed by atoms with Gasteiger partial charge in [0.2, 0.25) is 0 Å². The van der Waals surface area contributed by atoms with Gasteiger partial charge in [0.15, 0.2) is 0 Å². The van der Waals surface area contributed by atoms with Crippen molar-refractivity contribution < 1.29 is 17.1 Å². The predicted molar refractivity (Wildman–Crippen MR) is 55.9 cm³/mol. The van der Waals surface area contributed by atoms with Crippen LogP contribution in [-0.2, 0) is 17.1 Å². The van der Waals surface area contributed by atoms with Crippen LogP contribution < -0.4 is 0 Å². The first-order valence-electron chi connectivity index (χ1n) is 4.46. The summed E-state index contributed by atoms with van der Waals surface area (Å²) in [5.74, 6) is 0. The predicted octanol–water partition coefficient (Wildman–Crippen LogP) is 2.58. The average molecular weight is 235 g/mol. The monoisotopic (exact) mass is 235 g/mol. The standard InChI is InChI=1S/C12H7N2.Fe/c1-3-9-5-6-10-4-2-8-14-12(10)11(9)13-7-1;/h1-7H;/q-1;+3. The maximum atomic E-state index is 4.33.